The SMILES string of the molecule is COC(=O)C1CCN(CC2(COc3nc(N4CC5CCC(C5)C4)c4cnc(Cl)c(F)c4n3)CC2)CC1. The van der Waals surface area contributed by atoms with E-state index in [0.717, 1.165) is 58.4 Å². The van der Waals surface area contributed by atoms with Gasteiger partial charge in [0.1, 0.15) is 11.3 Å². The molecular weight excluding hydrogens is 485 g/mol. The summed E-state index contributed by atoms with van der Waals surface area (Å²) in [4.78, 5) is 29.8. The average Bonchev–Trinajstić information content (AvgIpc) is 3.58. The molecule has 2 aliphatic heterocycles. The van der Waals surface area contributed by atoms with Crippen LogP contribution >= 0.6 is 11.6 Å². The average molecular weight is 518 g/mol. The van der Waals surface area contributed by atoms with Gasteiger partial charge in [-0.05, 0) is 69.9 Å². The van der Waals surface area contributed by atoms with E-state index < -0.39 is 5.82 Å². The molecule has 2 saturated carbocycles. The first-order chi connectivity index (χ1) is 17.4. The lowest BCUT2D eigenvalue weighted by Crippen LogP contribution is -2.41. The molecule has 0 aromatic carbocycles. The standard InChI is InChI=1S/C26H33ClFN5O3/c1-35-24(34)18-4-8-32(9-5-18)14-26(6-7-26)15-36-25-30-21-19(11-29-22(27)20(21)28)23(31-25)33-12-16-2-3-17(10-16)13-33/h11,16-18H,2-10,12-15H2,1H3. The van der Waals surface area contributed by atoms with Gasteiger partial charge in [0.2, 0.25) is 0 Å². The van der Waals surface area contributed by atoms with Gasteiger partial charge in [0.05, 0.1) is 25.0 Å². The molecule has 2 bridgehead atoms. The number of aromatic nitrogens is 3. The Hall–Kier alpha value is -2.26. The Kier molecular flexibility index (Phi) is 6.40. The molecule has 0 N–H and O–H groups in total. The second kappa shape index (κ2) is 9.56. The van der Waals surface area contributed by atoms with Gasteiger partial charge in [-0.25, -0.2) is 9.37 Å². The number of pyridine rings is 1. The summed E-state index contributed by atoms with van der Waals surface area (Å²) in [5.41, 5.74) is 0.220. The zero-order chi connectivity index (χ0) is 24.9. The molecule has 6 rings (SSSR count). The van der Waals surface area contributed by atoms with Gasteiger partial charge in [-0.2, -0.15) is 9.97 Å². The van der Waals surface area contributed by atoms with Crippen LogP contribution in [0.1, 0.15) is 44.9 Å². The maximum Gasteiger partial charge on any atom is 0.319 e. The number of likely N-dealkylation sites (tertiary alicyclic amines) is 1. The summed E-state index contributed by atoms with van der Waals surface area (Å²) in [5, 5.41) is 0.394. The van der Waals surface area contributed by atoms with Gasteiger partial charge in [-0.1, -0.05) is 11.6 Å². The van der Waals surface area contributed by atoms with Crippen LogP contribution in [0, 0.1) is 29.0 Å². The number of hydrogen-bond acceptors (Lipinski definition) is 8. The molecule has 194 valence electrons. The van der Waals surface area contributed by atoms with E-state index in [1.54, 1.807) is 6.20 Å². The van der Waals surface area contributed by atoms with Gasteiger partial charge >= 0.3 is 12.0 Å². The number of methoxy groups -OCH3 is 1. The summed E-state index contributed by atoms with van der Waals surface area (Å²) in [5.74, 6) is 1.28. The second-order valence-corrected chi connectivity index (χ2v) is 11.6. The molecule has 4 aliphatic rings. The molecule has 10 heteroatoms. The van der Waals surface area contributed by atoms with Crippen LogP contribution in [0.25, 0.3) is 10.9 Å². The smallest absolute Gasteiger partial charge is 0.319 e. The molecular formula is C26H33ClFN5O3. The second-order valence-electron chi connectivity index (χ2n) is 11.3. The molecule has 4 fully saturated rings. The van der Waals surface area contributed by atoms with Crippen molar-refractivity contribution in [3.63, 3.8) is 0 Å². The van der Waals surface area contributed by atoms with Gasteiger partial charge in [-0.15, -0.1) is 0 Å². The molecule has 0 radical (unpaired) electrons. The van der Waals surface area contributed by atoms with E-state index in [9.17, 15) is 4.79 Å². The monoisotopic (exact) mass is 517 g/mol. The number of halogens is 2. The Morgan fingerprint density at radius 3 is 2.56 bits per heavy atom. The summed E-state index contributed by atoms with van der Waals surface area (Å²) < 4.78 is 26.1. The molecule has 0 spiro atoms. The molecule has 0 amide bonds. The van der Waals surface area contributed by atoms with Crippen molar-refractivity contribution >= 4 is 34.3 Å². The van der Waals surface area contributed by atoms with E-state index in [0.29, 0.717) is 29.6 Å². The zero-order valence-electron chi connectivity index (χ0n) is 20.7. The number of hydrogen-bond donors (Lipinski definition) is 0. The number of ether oxygens (including phenoxy) is 2. The first kappa shape index (κ1) is 24.1. The number of anilines is 1. The third-order valence-electron chi connectivity index (χ3n) is 8.65. The van der Waals surface area contributed by atoms with E-state index >= 15 is 4.39 Å². The van der Waals surface area contributed by atoms with Crippen LogP contribution in [0.5, 0.6) is 6.01 Å². The Morgan fingerprint density at radius 2 is 1.89 bits per heavy atom. The van der Waals surface area contributed by atoms with Crippen molar-refractivity contribution in [2.75, 3.05) is 51.3 Å². The van der Waals surface area contributed by atoms with Gasteiger partial charge in [0, 0.05) is 31.2 Å². The molecule has 4 heterocycles. The van der Waals surface area contributed by atoms with Crippen molar-refractivity contribution in [3.8, 4) is 6.01 Å². The number of fused-ring (bicyclic) bond motifs is 3. The highest BCUT2D eigenvalue weighted by Crippen LogP contribution is 2.47. The number of carbonyl (C=O) groups excluding carboxylic acids is 1. The quantitative estimate of drug-likeness (QED) is 0.401. The van der Waals surface area contributed by atoms with Crippen LogP contribution in [-0.2, 0) is 9.53 Å². The van der Waals surface area contributed by atoms with Gasteiger partial charge in [-0.3, -0.25) is 4.79 Å². The fourth-order valence-corrected chi connectivity index (χ4v) is 6.53. The maximum atomic E-state index is 15.0. The minimum absolute atomic E-state index is 0.00306. The first-order valence-electron chi connectivity index (χ1n) is 13.1. The Balaban J connectivity index is 1.18. The predicted octanol–water partition coefficient (Wildman–Crippen LogP) is 4.10. The third kappa shape index (κ3) is 4.72. The first-order valence-corrected chi connectivity index (χ1v) is 13.5. The molecule has 2 unspecified atom stereocenters. The molecule has 2 aromatic heterocycles. The van der Waals surface area contributed by atoms with Crippen molar-refractivity contribution in [3.05, 3.63) is 17.2 Å². The van der Waals surface area contributed by atoms with E-state index in [2.05, 4.69) is 19.8 Å². The van der Waals surface area contributed by atoms with Crippen molar-refractivity contribution < 1.29 is 18.7 Å². The summed E-state index contributed by atoms with van der Waals surface area (Å²) in [6.45, 7) is 5.00. The van der Waals surface area contributed by atoms with Gasteiger partial charge in [0.25, 0.3) is 0 Å². The van der Waals surface area contributed by atoms with Crippen LogP contribution in [0.4, 0.5) is 10.2 Å². The van der Waals surface area contributed by atoms with Crippen LogP contribution < -0.4 is 9.64 Å². The Bertz CT molecular complexity index is 1140. The van der Waals surface area contributed by atoms with E-state index in [-0.39, 0.29) is 34.0 Å². The minimum Gasteiger partial charge on any atom is -0.469 e. The maximum absolute atomic E-state index is 15.0. The predicted molar refractivity (Wildman–Crippen MR) is 134 cm³/mol. The largest absolute Gasteiger partial charge is 0.469 e. The van der Waals surface area contributed by atoms with E-state index in [1.807, 2.05) is 0 Å². The molecule has 2 atom stereocenters. The highest BCUT2D eigenvalue weighted by Gasteiger charge is 2.46. The Morgan fingerprint density at radius 1 is 1.17 bits per heavy atom. The fraction of sp³-hybridized carbons (Fsp3) is 0.692. The van der Waals surface area contributed by atoms with Crippen molar-refractivity contribution in [1.82, 2.24) is 19.9 Å². The molecule has 36 heavy (non-hydrogen) atoms. The van der Waals surface area contributed by atoms with E-state index in [4.69, 9.17) is 26.1 Å². The molecule has 8 nitrogen and oxygen atoms in total. The lowest BCUT2D eigenvalue weighted by atomic mass is 9.95. The van der Waals surface area contributed by atoms with Crippen molar-refractivity contribution in [2.24, 2.45) is 23.2 Å². The number of nitrogens with zero attached hydrogens (tertiary/aromatic N) is 5. The van der Waals surface area contributed by atoms with Crippen molar-refractivity contribution in [2.45, 2.75) is 44.9 Å². The van der Waals surface area contributed by atoms with Crippen LogP contribution in [0.15, 0.2) is 6.20 Å². The minimum atomic E-state index is -0.628. The summed E-state index contributed by atoms with van der Waals surface area (Å²) >= 11 is 6.01. The zero-order valence-corrected chi connectivity index (χ0v) is 21.5. The Labute approximate surface area is 215 Å². The third-order valence-corrected chi connectivity index (χ3v) is 8.92. The number of piperidine rings is 2. The number of rotatable bonds is 7. The summed E-state index contributed by atoms with van der Waals surface area (Å²) in [7, 11) is 1.46. The fourth-order valence-electron chi connectivity index (χ4n) is 6.40. The van der Waals surface area contributed by atoms with Gasteiger partial charge < -0.3 is 19.3 Å². The lowest BCUT2D eigenvalue weighted by Gasteiger charge is -2.34. The van der Waals surface area contributed by atoms with Crippen molar-refractivity contribution in [1.29, 1.82) is 0 Å². The highest BCUT2D eigenvalue weighted by atomic mass is 35.5. The highest BCUT2D eigenvalue weighted by molar-refractivity contribution is 6.30. The number of esters is 1. The molecule has 2 aliphatic carbocycles. The van der Waals surface area contributed by atoms with Gasteiger partial charge in [0.15, 0.2) is 11.0 Å². The molecule has 2 saturated heterocycles. The number of carbonyl (C=O) groups is 1. The summed E-state index contributed by atoms with van der Waals surface area (Å²) in [6.07, 6.45) is 9.13. The normalized spacial score (nSPS) is 25.8. The lowest BCUT2D eigenvalue weighted by molar-refractivity contribution is -0.147. The van der Waals surface area contributed by atoms with E-state index in [1.165, 1.54) is 26.4 Å². The van der Waals surface area contributed by atoms with Crippen LogP contribution in [0.3, 0.4) is 0 Å². The topological polar surface area (TPSA) is 80.7 Å². The van der Waals surface area contributed by atoms with Crippen LogP contribution in [-0.4, -0.2) is 72.3 Å². The summed E-state index contributed by atoms with van der Waals surface area (Å²) in [6, 6.07) is 0.201. The molecule has 2 aromatic rings. The van der Waals surface area contributed by atoms with Crippen LogP contribution in [0.2, 0.25) is 5.15 Å².